The summed E-state index contributed by atoms with van der Waals surface area (Å²) in [4.78, 5) is 21.2. The smallest absolute Gasteiger partial charge is 0.361 e. The molecule has 168 valence electrons. The Balaban J connectivity index is 1.74. The van der Waals surface area contributed by atoms with Gasteiger partial charge in [-0.05, 0) is 57.8 Å². The summed E-state index contributed by atoms with van der Waals surface area (Å²) in [7, 11) is -1.22. The second kappa shape index (κ2) is 8.89. The predicted molar refractivity (Wildman–Crippen MR) is 125 cm³/mol. The van der Waals surface area contributed by atoms with Gasteiger partial charge in [0.1, 0.15) is 18.1 Å². The first-order chi connectivity index (χ1) is 15.2. The van der Waals surface area contributed by atoms with E-state index in [2.05, 4.69) is 50.7 Å². The first kappa shape index (κ1) is 22.8. The number of imidazole rings is 1. The molecule has 0 saturated heterocycles. The fourth-order valence-electron chi connectivity index (χ4n) is 3.09. The number of hydrogen-bond donors (Lipinski definition) is 0. The highest BCUT2D eigenvalue weighted by Crippen LogP contribution is 2.29. The Morgan fingerprint density at radius 2 is 2.06 bits per heavy atom. The molecule has 12 heteroatoms. The van der Waals surface area contributed by atoms with Gasteiger partial charge in [0.2, 0.25) is 5.28 Å². The van der Waals surface area contributed by atoms with Gasteiger partial charge in [-0.3, -0.25) is 9.09 Å². The number of ether oxygens (including phenoxy) is 1. The molecule has 0 saturated carbocycles. The lowest BCUT2D eigenvalue weighted by atomic mass is 10.2. The van der Waals surface area contributed by atoms with E-state index in [9.17, 15) is 9.18 Å². The second-order valence-electron chi connectivity index (χ2n) is 8.39. The van der Waals surface area contributed by atoms with E-state index in [1.807, 2.05) is 0 Å². The average molecular weight is 541 g/mol. The van der Waals surface area contributed by atoms with Gasteiger partial charge in [0.15, 0.2) is 11.5 Å². The molecule has 3 aromatic heterocycles. The predicted octanol–water partition coefficient (Wildman–Crippen LogP) is 5.10. The highest BCUT2D eigenvalue weighted by atomic mass is 79.9. The first-order valence-corrected chi connectivity index (χ1v) is 14.7. The molecule has 0 amide bonds. The van der Waals surface area contributed by atoms with Crippen LogP contribution in [0.3, 0.4) is 0 Å². The van der Waals surface area contributed by atoms with Gasteiger partial charge in [0, 0.05) is 20.9 Å². The van der Waals surface area contributed by atoms with Crippen LogP contribution in [0.15, 0.2) is 44.3 Å². The Labute approximate surface area is 197 Å². The second-order valence-corrected chi connectivity index (χ2v) is 15.2. The molecule has 4 aromatic rings. The Hall–Kier alpha value is -2.34. The molecule has 8 nitrogen and oxygen atoms in total. The fourth-order valence-corrected chi connectivity index (χ4v) is 4.43. The van der Waals surface area contributed by atoms with E-state index in [1.54, 1.807) is 16.8 Å². The zero-order chi connectivity index (χ0) is 23.0. The molecule has 0 bridgehead atoms. The molecule has 1 aromatic carbocycles. The van der Waals surface area contributed by atoms with Gasteiger partial charge >= 0.3 is 5.76 Å². The SMILES string of the molecule is C[Si](C)(C)CCOCn1c(Cl)nc2c(-c3noc(=O)n3-c3ccc(F)c(Br)c3)ccnc21. The van der Waals surface area contributed by atoms with Crippen LogP contribution in [0, 0.1) is 5.82 Å². The van der Waals surface area contributed by atoms with E-state index in [0.29, 0.717) is 29.0 Å². The lowest BCUT2D eigenvalue weighted by Gasteiger charge is -2.15. The molecule has 3 heterocycles. The Morgan fingerprint density at radius 1 is 1.28 bits per heavy atom. The molecule has 0 fully saturated rings. The van der Waals surface area contributed by atoms with E-state index < -0.39 is 19.6 Å². The Bertz CT molecular complexity index is 1350. The van der Waals surface area contributed by atoms with Crippen LogP contribution in [0.25, 0.3) is 28.2 Å². The number of hydrogen-bond acceptors (Lipinski definition) is 6. The lowest BCUT2D eigenvalue weighted by molar-refractivity contribution is 0.0897. The highest BCUT2D eigenvalue weighted by Gasteiger charge is 2.22. The topological polar surface area (TPSA) is 88.0 Å². The molecule has 0 aliphatic carbocycles. The molecule has 0 N–H and O–H groups in total. The summed E-state index contributed by atoms with van der Waals surface area (Å²) in [6.07, 6.45) is 1.57. The van der Waals surface area contributed by atoms with Crippen LogP contribution >= 0.6 is 27.5 Å². The number of aromatic nitrogens is 5. The van der Waals surface area contributed by atoms with Crippen LogP contribution in [0.4, 0.5) is 4.39 Å². The summed E-state index contributed by atoms with van der Waals surface area (Å²) < 4.78 is 27.5. The molecule has 32 heavy (non-hydrogen) atoms. The van der Waals surface area contributed by atoms with E-state index in [4.69, 9.17) is 20.9 Å². The minimum atomic E-state index is -1.22. The largest absolute Gasteiger partial charge is 0.446 e. The van der Waals surface area contributed by atoms with Crippen molar-refractivity contribution >= 4 is 46.8 Å². The average Bonchev–Trinajstić information content (AvgIpc) is 3.26. The number of nitrogens with zero attached hydrogens (tertiary/aromatic N) is 5. The van der Waals surface area contributed by atoms with E-state index in [-0.39, 0.29) is 22.3 Å². The Kier molecular flexibility index (Phi) is 6.34. The van der Waals surface area contributed by atoms with Gasteiger partial charge in [0.05, 0.1) is 15.7 Å². The van der Waals surface area contributed by atoms with Crippen LogP contribution < -0.4 is 5.76 Å². The zero-order valence-electron chi connectivity index (χ0n) is 17.6. The van der Waals surface area contributed by atoms with Gasteiger partial charge in [-0.25, -0.2) is 23.7 Å². The van der Waals surface area contributed by atoms with Crippen LogP contribution in [0.5, 0.6) is 0 Å². The van der Waals surface area contributed by atoms with Crippen LogP contribution in [0.2, 0.25) is 31.0 Å². The van der Waals surface area contributed by atoms with Gasteiger partial charge in [-0.1, -0.05) is 24.8 Å². The molecule has 0 aliphatic rings. The maximum absolute atomic E-state index is 13.7. The Morgan fingerprint density at radius 3 is 2.78 bits per heavy atom. The molecule has 0 spiro atoms. The van der Waals surface area contributed by atoms with Crippen molar-refractivity contribution in [1.29, 1.82) is 0 Å². The number of halogens is 3. The van der Waals surface area contributed by atoms with Gasteiger partial charge in [-0.2, -0.15) is 0 Å². The van der Waals surface area contributed by atoms with E-state index >= 15 is 0 Å². The lowest BCUT2D eigenvalue weighted by Crippen LogP contribution is -2.22. The quantitative estimate of drug-likeness (QED) is 0.239. The van der Waals surface area contributed by atoms with Crippen molar-refractivity contribution in [2.45, 2.75) is 32.4 Å². The van der Waals surface area contributed by atoms with Crippen molar-refractivity contribution in [3.63, 3.8) is 0 Å². The molecular formula is C20H20BrClFN5O3Si. The van der Waals surface area contributed by atoms with Crippen molar-refractivity contribution in [2.24, 2.45) is 0 Å². The van der Waals surface area contributed by atoms with Gasteiger partial charge in [0.25, 0.3) is 0 Å². The summed E-state index contributed by atoms with van der Waals surface area (Å²) in [6, 6.07) is 6.85. The van der Waals surface area contributed by atoms with E-state index in [0.717, 1.165) is 6.04 Å². The van der Waals surface area contributed by atoms with Crippen molar-refractivity contribution in [1.82, 2.24) is 24.3 Å². The zero-order valence-corrected chi connectivity index (χ0v) is 20.9. The minimum absolute atomic E-state index is 0.196. The summed E-state index contributed by atoms with van der Waals surface area (Å²) in [5.74, 6) is -0.976. The summed E-state index contributed by atoms with van der Waals surface area (Å²) in [5.41, 5.74) is 1.80. The molecule has 0 unspecified atom stereocenters. The normalized spacial score (nSPS) is 12.1. The molecule has 0 aliphatic heterocycles. The monoisotopic (exact) mass is 539 g/mol. The molecule has 4 rings (SSSR count). The van der Waals surface area contributed by atoms with Crippen LogP contribution in [-0.4, -0.2) is 38.9 Å². The maximum atomic E-state index is 13.7. The summed E-state index contributed by atoms with van der Waals surface area (Å²) in [5, 5.41) is 4.13. The number of rotatable bonds is 7. The van der Waals surface area contributed by atoms with Crippen LogP contribution in [0.1, 0.15) is 0 Å². The minimum Gasteiger partial charge on any atom is -0.361 e. The summed E-state index contributed by atoms with van der Waals surface area (Å²) in [6.45, 7) is 7.66. The molecule has 0 radical (unpaired) electrons. The summed E-state index contributed by atoms with van der Waals surface area (Å²) >= 11 is 9.51. The molecular weight excluding hydrogens is 521 g/mol. The van der Waals surface area contributed by atoms with Crippen molar-refractivity contribution in [3.8, 4) is 17.1 Å². The third-order valence-corrected chi connectivity index (χ3v) is 7.41. The highest BCUT2D eigenvalue weighted by molar-refractivity contribution is 9.10. The third kappa shape index (κ3) is 4.56. The number of fused-ring (bicyclic) bond motifs is 1. The number of pyridine rings is 1. The van der Waals surface area contributed by atoms with Gasteiger partial charge < -0.3 is 4.74 Å². The first-order valence-electron chi connectivity index (χ1n) is 9.79. The van der Waals surface area contributed by atoms with E-state index in [1.165, 1.54) is 22.8 Å². The maximum Gasteiger partial charge on any atom is 0.446 e. The third-order valence-electron chi connectivity index (χ3n) is 4.81. The van der Waals surface area contributed by atoms with Gasteiger partial charge in [-0.15, -0.1) is 0 Å². The van der Waals surface area contributed by atoms with Crippen LogP contribution in [-0.2, 0) is 11.5 Å². The van der Waals surface area contributed by atoms with Crippen molar-refractivity contribution < 1.29 is 13.7 Å². The fraction of sp³-hybridized carbons (Fsp3) is 0.300. The van der Waals surface area contributed by atoms with Crippen molar-refractivity contribution in [3.05, 3.63) is 56.6 Å². The van der Waals surface area contributed by atoms with Crippen molar-refractivity contribution in [2.75, 3.05) is 6.61 Å². The number of benzene rings is 1. The standard InChI is InChI=1S/C20H20BrClFN5O3Si/c1-32(2,3)9-8-30-11-27-18-16(25-19(27)22)13(6-7-24-18)17-26-31-20(29)28(17)12-4-5-15(23)14(21)10-12/h4-7,10H,8-9,11H2,1-3H3. The molecule has 0 atom stereocenters.